The average molecular weight is 285 g/mol. The van der Waals surface area contributed by atoms with Crippen molar-refractivity contribution in [3.05, 3.63) is 33.8 Å². The van der Waals surface area contributed by atoms with E-state index in [1.165, 1.54) is 12.1 Å². The van der Waals surface area contributed by atoms with Gasteiger partial charge in [0.05, 0.1) is 6.61 Å². The highest BCUT2D eigenvalue weighted by molar-refractivity contribution is 9.10. The highest BCUT2D eigenvalue weighted by Gasteiger charge is 2.40. The van der Waals surface area contributed by atoms with Crippen LogP contribution in [0.1, 0.15) is 17.2 Å². The van der Waals surface area contributed by atoms with Crippen LogP contribution < -0.4 is 0 Å². The Morgan fingerprint density at radius 1 is 1.33 bits per heavy atom. The summed E-state index contributed by atoms with van der Waals surface area (Å²) in [5.74, 6) is 0. The van der Waals surface area contributed by atoms with Gasteiger partial charge in [-0.2, -0.15) is 13.2 Å². The second kappa shape index (κ2) is 4.51. The average Bonchev–Trinajstić information content (AvgIpc) is 2.15. The third kappa shape index (κ3) is 2.93. The summed E-state index contributed by atoms with van der Waals surface area (Å²) in [4.78, 5) is 0. The van der Waals surface area contributed by atoms with Gasteiger partial charge in [0.1, 0.15) is 0 Å². The molecule has 0 saturated carbocycles. The molecule has 1 aromatic carbocycles. The molecule has 0 fully saturated rings. The van der Waals surface area contributed by atoms with Crippen molar-refractivity contribution in [1.29, 1.82) is 0 Å². The van der Waals surface area contributed by atoms with E-state index in [-0.39, 0.29) is 11.1 Å². The van der Waals surface area contributed by atoms with Gasteiger partial charge in [0.15, 0.2) is 6.10 Å². The molecule has 15 heavy (non-hydrogen) atoms. The van der Waals surface area contributed by atoms with E-state index >= 15 is 0 Å². The Bertz CT molecular complexity index is 352. The fourth-order valence-electron chi connectivity index (χ4n) is 1.15. The zero-order valence-electron chi connectivity index (χ0n) is 7.42. The minimum absolute atomic E-state index is 0.0502. The first-order valence-electron chi connectivity index (χ1n) is 4.00. The fraction of sp³-hybridized carbons (Fsp3) is 0.333. The van der Waals surface area contributed by atoms with Crippen LogP contribution in [-0.4, -0.2) is 16.4 Å². The van der Waals surface area contributed by atoms with Crippen molar-refractivity contribution < 1.29 is 23.4 Å². The van der Waals surface area contributed by atoms with Crippen molar-refractivity contribution >= 4 is 15.9 Å². The molecule has 2 nitrogen and oxygen atoms in total. The minimum atomic E-state index is -4.72. The molecular formula is C9H8BrF3O2. The molecule has 0 aliphatic rings. The van der Waals surface area contributed by atoms with E-state index in [0.717, 1.165) is 6.07 Å². The Kier molecular flexibility index (Phi) is 3.75. The highest BCUT2D eigenvalue weighted by Crippen LogP contribution is 2.34. The molecule has 0 amide bonds. The van der Waals surface area contributed by atoms with Gasteiger partial charge in [0, 0.05) is 4.47 Å². The molecule has 84 valence electrons. The van der Waals surface area contributed by atoms with E-state index in [1.54, 1.807) is 0 Å². The van der Waals surface area contributed by atoms with Gasteiger partial charge in [-0.15, -0.1) is 0 Å². The maximum absolute atomic E-state index is 12.2. The van der Waals surface area contributed by atoms with Gasteiger partial charge in [0.25, 0.3) is 0 Å². The quantitative estimate of drug-likeness (QED) is 0.876. The normalized spacial score (nSPS) is 14.0. The minimum Gasteiger partial charge on any atom is -0.392 e. The molecule has 6 heteroatoms. The first kappa shape index (κ1) is 12.5. The number of hydrogen-bond acceptors (Lipinski definition) is 2. The molecule has 0 aromatic heterocycles. The number of aliphatic hydroxyl groups is 2. The van der Waals surface area contributed by atoms with Crippen molar-refractivity contribution in [1.82, 2.24) is 0 Å². The van der Waals surface area contributed by atoms with Gasteiger partial charge in [-0.3, -0.25) is 0 Å². The Morgan fingerprint density at radius 3 is 2.40 bits per heavy atom. The maximum Gasteiger partial charge on any atom is 0.418 e. The first-order valence-corrected chi connectivity index (χ1v) is 4.79. The van der Waals surface area contributed by atoms with Gasteiger partial charge in [-0.05, 0) is 23.3 Å². The summed E-state index contributed by atoms with van der Waals surface area (Å²) >= 11 is 3.06. The third-order valence-corrected chi connectivity index (χ3v) is 2.37. The predicted octanol–water partition coefficient (Wildman–Crippen LogP) is 2.54. The molecule has 1 aromatic rings. The molecule has 0 aliphatic heterocycles. The Morgan fingerprint density at radius 2 is 1.93 bits per heavy atom. The molecule has 0 heterocycles. The maximum atomic E-state index is 12.2. The zero-order valence-corrected chi connectivity index (χ0v) is 9.01. The van der Waals surface area contributed by atoms with E-state index in [2.05, 4.69) is 15.9 Å². The van der Waals surface area contributed by atoms with Crippen LogP contribution in [0.25, 0.3) is 0 Å². The zero-order chi connectivity index (χ0) is 11.6. The van der Waals surface area contributed by atoms with Crippen molar-refractivity contribution in [3.63, 3.8) is 0 Å². The van der Waals surface area contributed by atoms with E-state index in [9.17, 15) is 13.2 Å². The lowest BCUT2D eigenvalue weighted by Gasteiger charge is -2.17. The summed E-state index contributed by atoms with van der Waals surface area (Å²) in [6, 6.07) is 3.85. The van der Waals surface area contributed by atoms with E-state index in [0.29, 0.717) is 4.47 Å². The van der Waals surface area contributed by atoms with Crippen LogP contribution in [-0.2, 0) is 6.61 Å². The lowest BCUT2D eigenvalue weighted by Crippen LogP contribution is -2.21. The molecule has 2 N–H and O–H groups in total. The van der Waals surface area contributed by atoms with Gasteiger partial charge in [0.2, 0.25) is 0 Å². The van der Waals surface area contributed by atoms with Crippen LogP contribution in [0.2, 0.25) is 0 Å². The number of alkyl halides is 3. The molecule has 0 bridgehead atoms. The number of rotatable bonds is 2. The fourth-order valence-corrected chi connectivity index (χ4v) is 1.56. The molecule has 0 spiro atoms. The van der Waals surface area contributed by atoms with E-state index < -0.39 is 18.9 Å². The second-order valence-electron chi connectivity index (χ2n) is 2.95. The summed E-state index contributed by atoms with van der Waals surface area (Å²) in [5.41, 5.74) is -0.276. The monoisotopic (exact) mass is 284 g/mol. The third-order valence-electron chi connectivity index (χ3n) is 1.88. The number of halogens is 4. The van der Waals surface area contributed by atoms with Crippen molar-refractivity contribution in [2.75, 3.05) is 0 Å². The largest absolute Gasteiger partial charge is 0.418 e. The van der Waals surface area contributed by atoms with Gasteiger partial charge in [-0.1, -0.05) is 22.0 Å². The van der Waals surface area contributed by atoms with Crippen molar-refractivity contribution in [2.45, 2.75) is 18.9 Å². The summed E-state index contributed by atoms with van der Waals surface area (Å²) in [6.07, 6.45) is -7.29. The van der Waals surface area contributed by atoms with E-state index in [4.69, 9.17) is 10.2 Å². The summed E-state index contributed by atoms with van der Waals surface area (Å²) in [6.45, 7) is -0.554. The molecule has 1 rings (SSSR count). The summed E-state index contributed by atoms with van der Waals surface area (Å²) in [7, 11) is 0. The Labute approximate surface area is 92.5 Å². The standard InChI is InChI=1S/C9H8BrF3O2/c10-6-1-2-7(5(3-6)4-14)8(15)9(11,12)13/h1-3,8,14-15H,4H2. The molecule has 1 atom stereocenters. The Hall–Kier alpha value is -0.590. The highest BCUT2D eigenvalue weighted by atomic mass is 79.9. The lowest BCUT2D eigenvalue weighted by molar-refractivity contribution is -0.207. The van der Waals surface area contributed by atoms with Crippen LogP contribution in [0.3, 0.4) is 0 Å². The number of benzene rings is 1. The number of aliphatic hydroxyl groups excluding tert-OH is 2. The molecule has 1 unspecified atom stereocenters. The lowest BCUT2D eigenvalue weighted by atomic mass is 10.0. The van der Waals surface area contributed by atoms with Crippen LogP contribution in [0.5, 0.6) is 0 Å². The topological polar surface area (TPSA) is 40.5 Å². The predicted molar refractivity (Wildman–Crippen MR) is 51.1 cm³/mol. The van der Waals surface area contributed by atoms with Crippen LogP contribution >= 0.6 is 15.9 Å². The molecule has 0 aliphatic carbocycles. The van der Waals surface area contributed by atoms with Gasteiger partial charge >= 0.3 is 6.18 Å². The molecule has 0 saturated heterocycles. The number of hydrogen-bond donors (Lipinski definition) is 2. The van der Waals surface area contributed by atoms with E-state index in [1.807, 2.05) is 0 Å². The van der Waals surface area contributed by atoms with Crippen LogP contribution in [0.4, 0.5) is 13.2 Å². The van der Waals surface area contributed by atoms with Crippen molar-refractivity contribution in [2.24, 2.45) is 0 Å². The first-order chi connectivity index (χ1) is 6.86. The van der Waals surface area contributed by atoms with Crippen molar-refractivity contribution in [3.8, 4) is 0 Å². The molecular weight excluding hydrogens is 277 g/mol. The van der Waals surface area contributed by atoms with Gasteiger partial charge < -0.3 is 10.2 Å². The summed E-state index contributed by atoms with van der Waals surface area (Å²) < 4.78 is 37.2. The Balaban J connectivity index is 3.14. The smallest absolute Gasteiger partial charge is 0.392 e. The SMILES string of the molecule is OCc1cc(Br)ccc1C(O)C(F)(F)F. The van der Waals surface area contributed by atoms with Crippen LogP contribution in [0.15, 0.2) is 22.7 Å². The van der Waals surface area contributed by atoms with Crippen LogP contribution in [0, 0.1) is 0 Å². The summed E-state index contributed by atoms with van der Waals surface area (Å²) in [5, 5.41) is 17.9. The second-order valence-corrected chi connectivity index (χ2v) is 3.86. The molecule has 0 radical (unpaired) electrons. The van der Waals surface area contributed by atoms with Gasteiger partial charge in [-0.25, -0.2) is 0 Å².